The van der Waals surface area contributed by atoms with Crippen LogP contribution in [0.1, 0.15) is 17.7 Å². The highest BCUT2D eigenvalue weighted by Crippen LogP contribution is 2.22. The van der Waals surface area contributed by atoms with E-state index in [0.717, 1.165) is 0 Å². The maximum Gasteiger partial charge on any atom is 0.281 e. The zero-order valence-electron chi connectivity index (χ0n) is 6.06. The second-order valence-corrected chi connectivity index (χ2v) is 2.10. The molecule has 2 nitrogen and oxygen atoms in total. The van der Waals surface area contributed by atoms with Crippen LogP contribution < -0.4 is 0 Å². The van der Waals surface area contributed by atoms with E-state index in [1.54, 1.807) is 0 Å². The van der Waals surface area contributed by atoms with Crippen LogP contribution in [-0.4, -0.2) is 4.98 Å². The van der Waals surface area contributed by atoms with Crippen molar-refractivity contribution in [3.63, 3.8) is 0 Å². The number of hydrogen-bond acceptors (Lipinski definition) is 2. The minimum absolute atomic E-state index is 0.282. The lowest BCUT2D eigenvalue weighted by molar-refractivity contribution is 0.143. The molecule has 0 N–H and O–H groups in total. The summed E-state index contributed by atoms with van der Waals surface area (Å²) in [7, 11) is 0. The maximum absolute atomic E-state index is 12.6. The summed E-state index contributed by atoms with van der Waals surface area (Å²) in [5, 5.41) is 8.25. The lowest BCUT2D eigenvalue weighted by Crippen LogP contribution is -2.01. The van der Waals surface area contributed by atoms with E-state index in [1.807, 2.05) is 0 Å². The minimum atomic E-state index is -3.17. The number of alkyl halides is 2. The van der Waals surface area contributed by atoms with Gasteiger partial charge in [0.05, 0.1) is 0 Å². The van der Waals surface area contributed by atoms with Gasteiger partial charge < -0.3 is 0 Å². The molecule has 1 rings (SSSR count). The molecule has 0 aromatic carbocycles. The Hall–Kier alpha value is -1.64. The van der Waals surface area contributed by atoms with Gasteiger partial charge >= 0.3 is 0 Å². The molecular weight excluding hydrogens is 188 g/mol. The summed E-state index contributed by atoms with van der Waals surface area (Å²) in [6.45, 7) is 0. The van der Waals surface area contributed by atoms with Crippen molar-refractivity contribution in [1.29, 1.82) is 5.26 Å². The third kappa shape index (κ3) is 1.75. The van der Waals surface area contributed by atoms with Crippen LogP contribution in [-0.2, 0) is 0 Å². The molecule has 1 heterocycles. The van der Waals surface area contributed by atoms with Crippen LogP contribution >= 0.6 is 0 Å². The van der Waals surface area contributed by atoms with E-state index < -0.39 is 29.4 Å². The summed E-state index contributed by atoms with van der Waals surface area (Å²) in [6.07, 6.45) is -3.17. The summed E-state index contributed by atoms with van der Waals surface area (Å²) in [6, 6.07) is 1.47. The third-order valence-electron chi connectivity index (χ3n) is 1.29. The molecule has 0 spiro atoms. The van der Waals surface area contributed by atoms with Gasteiger partial charge in [0, 0.05) is 6.07 Å². The highest BCUT2D eigenvalue weighted by Gasteiger charge is 2.20. The number of hydrogen-bond donors (Lipinski definition) is 0. The quantitative estimate of drug-likeness (QED) is 0.502. The Morgan fingerprint density at radius 1 is 1.38 bits per heavy atom. The van der Waals surface area contributed by atoms with Gasteiger partial charge in [0.25, 0.3) is 6.43 Å². The lowest BCUT2D eigenvalue weighted by atomic mass is 10.2. The third-order valence-corrected chi connectivity index (χ3v) is 1.29. The molecule has 0 atom stereocenters. The van der Waals surface area contributed by atoms with Crippen LogP contribution in [0.3, 0.4) is 0 Å². The van der Waals surface area contributed by atoms with Crippen molar-refractivity contribution in [2.45, 2.75) is 6.43 Å². The van der Waals surface area contributed by atoms with Gasteiger partial charge in [-0.3, -0.25) is 0 Å². The Kier molecular flexibility index (Phi) is 2.46. The van der Waals surface area contributed by atoms with Gasteiger partial charge in [-0.2, -0.15) is 9.65 Å². The van der Waals surface area contributed by atoms with Crippen molar-refractivity contribution >= 4 is 0 Å². The van der Waals surface area contributed by atoms with E-state index in [0.29, 0.717) is 0 Å². The van der Waals surface area contributed by atoms with Crippen LogP contribution in [0.5, 0.6) is 0 Å². The van der Waals surface area contributed by atoms with Crippen LogP contribution in [0.15, 0.2) is 6.07 Å². The molecule has 6 heteroatoms. The van der Waals surface area contributed by atoms with Crippen LogP contribution in [0.2, 0.25) is 0 Å². The molecule has 68 valence electrons. The lowest BCUT2D eigenvalue weighted by Gasteiger charge is -2.01. The number of halogens is 4. The first-order chi connectivity index (χ1) is 6.06. The van der Waals surface area contributed by atoms with Gasteiger partial charge in [-0.15, -0.1) is 0 Å². The number of nitrogens with zero attached hydrogens (tertiary/aromatic N) is 2. The summed E-state index contributed by atoms with van der Waals surface area (Å²) < 4.78 is 49.0. The Balaban J connectivity index is 3.41. The number of pyridine rings is 1. The second kappa shape index (κ2) is 3.39. The van der Waals surface area contributed by atoms with E-state index in [2.05, 4.69) is 4.98 Å². The van der Waals surface area contributed by atoms with Gasteiger partial charge in [0.1, 0.15) is 23.1 Å². The van der Waals surface area contributed by atoms with Gasteiger partial charge in [-0.1, -0.05) is 0 Å². The summed E-state index contributed by atoms with van der Waals surface area (Å²) in [5.74, 6) is -2.70. The summed E-state index contributed by atoms with van der Waals surface area (Å²) in [5.41, 5.74) is -2.09. The predicted octanol–water partition coefficient (Wildman–Crippen LogP) is 2.17. The minimum Gasteiger partial charge on any atom is -0.217 e. The van der Waals surface area contributed by atoms with Gasteiger partial charge in [0.2, 0.25) is 5.95 Å². The number of aromatic nitrogens is 1. The Morgan fingerprint density at radius 2 is 2.00 bits per heavy atom. The molecule has 1 aromatic rings. The molecule has 0 saturated heterocycles. The fourth-order valence-electron chi connectivity index (χ4n) is 0.771. The Bertz CT molecular complexity index is 369. The normalized spacial score (nSPS) is 10.2. The Morgan fingerprint density at radius 3 is 2.46 bits per heavy atom. The molecule has 0 fully saturated rings. The smallest absolute Gasteiger partial charge is 0.217 e. The first-order valence-electron chi connectivity index (χ1n) is 3.10. The van der Waals surface area contributed by atoms with Gasteiger partial charge in [-0.25, -0.2) is 18.2 Å². The number of rotatable bonds is 1. The molecule has 0 aliphatic heterocycles. The van der Waals surface area contributed by atoms with Crippen LogP contribution in [0, 0.1) is 23.1 Å². The highest BCUT2D eigenvalue weighted by molar-refractivity contribution is 5.34. The van der Waals surface area contributed by atoms with Crippen LogP contribution in [0.4, 0.5) is 17.6 Å². The summed E-state index contributed by atoms with van der Waals surface area (Å²) >= 11 is 0. The topological polar surface area (TPSA) is 36.7 Å². The number of nitriles is 1. The van der Waals surface area contributed by atoms with Crippen molar-refractivity contribution in [3.05, 3.63) is 29.1 Å². The molecule has 0 radical (unpaired) electrons. The molecule has 0 aliphatic rings. The van der Waals surface area contributed by atoms with E-state index in [9.17, 15) is 17.6 Å². The highest BCUT2D eigenvalue weighted by atomic mass is 19.3. The molecule has 0 bridgehead atoms. The van der Waals surface area contributed by atoms with E-state index in [4.69, 9.17) is 5.26 Å². The predicted molar refractivity (Wildman–Crippen MR) is 33.8 cm³/mol. The zero-order chi connectivity index (χ0) is 10.0. The van der Waals surface area contributed by atoms with Crippen molar-refractivity contribution in [3.8, 4) is 6.07 Å². The fraction of sp³-hybridized carbons (Fsp3) is 0.143. The first kappa shape index (κ1) is 9.45. The van der Waals surface area contributed by atoms with E-state index >= 15 is 0 Å². The molecule has 0 aliphatic carbocycles. The van der Waals surface area contributed by atoms with Crippen molar-refractivity contribution in [2.75, 3.05) is 0 Å². The first-order valence-corrected chi connectivity index (χ1v) is 3.10. The van der Waals surface area contributed by atoms with Gasteiger partial charge in [0.15, 0.2) is 0 Å². The zero-order valence-corrected chi connectivity index (χ0v) is 6.06. The fourth-order valence-corrected chi connectivity index (χ4v) is 0.771. The Labute approximate surface area is 70.4 Å². The average Bonchev–Trinajstić information content (AvgIpc) is 2.02. The van der Waals surface area contributed by atoms with Crippen molar-refractivity contribution in [1.82, 2.24) is 4.98 Å². The van der Waals surface area contributed by atoms with E-state index in [1.165, 1.54) is 6.07 Å². The maximum atomic E-state index is 12.6. The largest absolute Gasteiger partial charge is 0.281 e. The monoisotopic (exact) mass is 190 g/mol. The molecule has 1 aromatic heterocycles. The summed E-state index contributed by atoms with van der Waals surface area (Å²) in [4.78, 5) is 2.73. The molecule has 0 saturated carbocycles. The molecule has 0 unspecified atom stereocenters. The average molecular weight is 190 g/mol. The van der Waals surface area contributed by atoms with Crippen molar-refractivity contribution < 1.29 is 17.6 Å². The molecule has 13 heavy (non-hydrogen) atoms. The second-order valence-electron chi connectivity index (χ2n) is 2.10. The molecule has 0 amide bonds. The van der Waals surface area contributed by atoms with Gasteiger partial charge in [-0.05, 0) is 0 Å². The standard InChI is InChI=1S/C7H2F4N2/c8-4-1-5(9)13-6(7(10)11)3(4)2-12/h1,7H. The van der Waals surface area contributed by atoms with Crippen molar-refractivity contribution in [2.24, 2.45) is 0 Å². The van der Waals surface area contributed by atoms with Crippen LogP contribution in [0.25, 0.3) is 0 Å². The SMILES string of the molecule is N#Cc1c(F)cc(F)nc1C(F)F. The van der Waals surface area contributed by atoms with E-state index in [-0.39, 0.29) is 6.07 Å². The molecular formula is C7H2F4N2.